The fourth-order valence-electron chi connectivity index (χ4n) is 3.14. The Morgan fingerprint density at radius 2 is 2.10 bits per heavy atom. The van der Waals surface area contributed by atoms with E-state index >= 15 is 0 Å². The summed E-state index contributed by atoms with van der Waals surface area (Å²) in [4.78, 5) is 14.7. The Morgan fingerprint density at radius 1 is 1.33 bits per heavy atom. The third kappa shape index (κ3) is 3.69. The number of nitrogens with zero attached hydrogens (tertiary/aromatic N) is 1. The molecular weight excluding hydrogens is 266 g/mol. The molecule has 2 unspecified atom stereocenters. The maximum Gasteiger partial charge on any atom is 0.225 e. The number of phenols is 2. The molecule has 0 saturated carbocycles. The van der Waals surface area contributed by atoms with Crippen molar-refractivity contribution in [2.45, 2.75) is 52.0 Å². The van der Waals surface area contributed by atoms with Crippen molar-refractivity contribution in [1.29, 1.82) is 0 Å². The van der Waals surface area contributed by atoms with Crippen molar-refractivity contribution < 1.29 is 15.0 Å². The Labute approximate surface area is 126 Å². The lowest BCUT2D eigenvalue weighted by Crippen LogP contribution is -2.46. The number of hydrogen-bond acceptors (Lipinski definition) is 3. The number of likely N-dealkylation sites (tertiary alicyclic amines) is 1. The van der Waals surface area contributed by atoms with Gasteiger partial charge in [0.15, 0.2) is 11.5 Å². The highest BCUT2D eigenvalue weighted by atomic mass is 16.3. The summed E-state index contributed by atoms with van der Waals surface area (Å²) in [5.41, 5.74) is 0.871. The summed E-state index contributed by atoms with van der Waals surface area (Å²) in [6.07, 6.45) is 5.00. The van der Waals surface area contributed by atoms with E-state index in [-0.39, 0.29) is 23.3 Å². The van der Waals surface area contributed by atoms with Gasteiger partial charge in [-0.2, -0.15) is 0 Å². The number of carbonyl (C=O) groups excluding carboxylic acids is 1. The molecule has 2 N–H and O–H groups in total. The second-order valence-corrected chi connectivity index (χ2v) is 6.02. The molecule has 4 heteroatoms. The number of rotatable bonds is 4. The van der Waals surface area contributed by atoms with Crippen LogP contribution in [-0.4, -0.2) is 33.6 Å². The number of hydrogen-bond donors (Lipinski definition) is 2. The second-order valence-electron chi connectivity index (χ2n) is 6.02. The third-order valence-corrected chi connectivity index (χ3v) is 4.38. The molecule has 4 nitrogen and oxygen atoms in total. The molecule has 1 heterocycles. The average molecular weight is 291 g/mol. The molecule has 21 heavy (non-hydrogen) atoms. The van der Waals surface area contributed by atoms with Gasteiger partial charge in [-0.25, -0.2) is 0 Å². The van der Waals surface area contributed by atoms with E-state index in [0.29, 0.717) is 12.5 Å². The van der Waals surface area contributed by atoms with Gasteiger partial charge in [-0.15, -0.1) is 0 Å². The van der Waals surface area contributed by atoms with Crippen molar-refractivity contribution in [3.05, 3.63) is 23.8 Å². The lowest BCUT2D eigenvalue weighted by Gasteiger charge is -2.37. The number of carbonyl (C=O) groups is 1. The summed E-state index contributed by atoms with van der Waals surface area (Å²) in [7, 11) is 0. The molecule has 1 aliphatic heterocycles. The van der Waals surface area contributed by atoms with Crippen LogP contribution in [0.3, 0.4) is 0 Å². The molecule has 0 aromatic heterocycles. The van der Waals surface area contributed by atoms with Crippen LogP contribution in [0.4, 0.5) is 0 Å². The van der Waals surface area contributed by atoms with E-state index in [1.54, 1.807) is 6.07 Å². The molecule has 2 atom stereocenters. The van der Waals surface area contributed by atoms with E-state index in [1.165, 1.54) is 18.6 Å². The van der Waals surface area contributed by atoms with Crippen LogP contribution in [0.1, 0.15) is 45.1 Å². The lowest BCUT2D eigenvalue weighted by molar-refractivity contribution is -0.138. The first-order chi connectivity index (χ1) is 10.0. The molecule has 1 fully saturated rings. The van der Waals surface area contributed by atoms with Crippen LogP contribution in [0.15, 0.2) is 18.2 Å². The van der Waals surface area contributed by atoms with Crippen LogP contribution in [0.5, 0.6) is 11.5 Å². The van der Waals surface area contributed by atoms with Gasteiger partial charge >= 0.3 is 0 Å². The Bertz CT molecular complexity index is 501. The van der Waals surface area contributed by atoms with Crippen molar-refractivity contribution in [2.24, 2.45) is 5.92 Å². The van der Waals surface area contributed by atoms with Crippen molar-refractivity contribution in [2.75, 3.05) is 6.54 Å². The van der Waals surface area contributed by atoms with Gasteiger partial charge in [0.25, 0.3) is 0 Å². The van der Waals surface area contributed by atoms with Crippen LogP contribution >= 0.6 is 0 Å². The second kappa shape index (κ2) is 6.83. The van der Waals surface area contributed by atoms with Crippen molar-refractivity contribution in [3.63, 3.8) is 0 Å². The van der Waals surface area contributed by atoms with E-state index in [1.807, 2.05) is 11.8 Å². The Kier molecular flexibility index (Phi) is 5.10. The number of benzene rings is 1. The molecule has 0 aliphatic carbocycles. The van der Waals surface area contributed by atoms with Crippen molar-refractivity contribution >= 4 is 5.91 Å². The molecule has 2 rings (SSSR count). The molecule has 0 bridgehead atoms. The first kappa shape index (κ1) is 15.7. The normalized spacial score (nSPS) is 20.3. The summed E-state index contributed by atoms with van der Waals surface area (Å²) in [6.45, 7) is 4.94. The van der Waals surface area contributed by atoms with E-state index in [4.69, 9.17) is 0 Å². The average Bonchev–Trinajstić information content (AvgIpc) is 2.50. The van der Waals surface area contributed by atoms with E-state index in [9.17, 15) is 15.0 Å². The smallest absolute Gasteiger partial charge is 0.225 e. The van der Waals surface area contributed by atoms with Crippen LogP contribution in [0, 0.1) is 5.92 Å². The highest BCUT2D eigenvalue weighted by Gasteiger charge is 2.28. The molecule has 1 amide bonds. The predicted molar refractivity (Wildman–Crippen MR) is 82.3 cm³/mol. The summed E-state index contributed by atoms with van der Waals surface area (Å²) >= 11 is 0. The Morgan fingerprint density at radius 3 is 2.76 bits per heavy atom. The SMILES string of the molecule is CCC1CCCCN1C(=O)C(C)Cc1ccc(O)c(O)c1. The topological polar surface area (TPSA) is 60.8 Å². The lowest BCUT2D eigenvalue weighted by atomic mass is 9.95. The predicted octanol–water partition coefficient (Wildman–Crippen LogP) is 3.07. The van der Waals surface area contributed by atoms with Crippen molar-refractivity contribution in [1.82, 2.24) is 4.90 Å². The zero-order chi connectivity index (χ0) is 15.4. The molecule has 1 aromatic rings. The Balaban J connectivity index is 2.02. The minimum absolute atomic E-state index is 0.110. The maximum absolute atomic E-state index is 12.6. The van der Waals surface area contributed by atoms with Crippen LogP contribution in [-0.2, 0) is 11.2 Å². The van der Waals surface area contributed by atoms with Gasteiger partial charge in [-0.05, 0) is 49.8 Å². The zero-order valence-corrected chi connectivity index (χ0v) is 12.9. The van der Waals surface area contributed by atoms with Crippen molar-refractivity contribution in [3.8, 4) is 11.5 Å². The fourth-order valence-corrected chi connectivity index (χ4v) is 3.14. The number of amides is 1. The van der Waals surface area contributed by atoms with Gasteiger partial charge < -0.3 is 15.1 Å². The molecule has 1 aromatic carbocycles. The highest BCUT2D eigenvalue weighted by Crippen LogP contribution is 2.27. The summed E-state index contributed by atoms with van der Waals surface area (Å²) in [5, 5.41) is 18.9. The first-order valence-corrected chi connectivity index (χ1v) is 7.84. The highest BCUT2D eigenvalue weighted by molar-refractivity contribution is 5.79. The van der Waals surface area contributed by atoms with Crippen LogP contribution < -0.4 is 0 Å². The number of phenolic OH excluding ortho intramolecular Hbond substituents is 2. The van der Waals surface area contributed by atoms with Gasteiger partial charge in [0.05, 0.1) is 0 Å². The van der Waals surface area contributed by atoms with Gasteiger partial charge in [-0.3, -0.25) is 4.79 Å². The standard InChI is InChI=1S/C17H25NO3/c1-3-14-6-4-5-9-18(14)17(21)12(2)10-13-7-8-15(19)16(20)11-13/h7-8,11-12,14,19-20H,3-6,9-10H2,1-2H3. The largest absolute Gasteiger partial charge is 0.504 e. The van der Waals surface area contributed by atoms with E-state index in [2.05, 4.69) is 6.92 Å². The van der Waals surface area contributed by atoms with E-state index in [0.717, 1.165) is 31.4 Å². The molecule has 1 aliphatic rings. The summed E-state index contributed by atoms with van der Waals surface area (Å²) in [5.74, 6) is -0.161. The van der Waals surface area contributed by atoms with Gasteiger partial charge in [0.1, 0.15) is 0 Å². The molecular formula is C17H25NO3. The van der Waals surface area contributed by atoms with Gasteiger partial charge in [0.2, 0.25) is 5.91 Å². The van der Waals surface area contributed by atoms with Gasteiger partial charge in [0, 0.05) is 18.5 Å². The maximum atomic E-state index is 12.6. The quantitative estimate of drug-likeness (QED) is 0.838. The molecule has 0 spiro atoms. The van der Waals surface area contributed by atoms with Crippen LogP contribution in [0.25, 0.3) is 0 Å². The number of piperidine rings is 1. The van der Waals surface area contributed by atoms with E-state index < -0.39 is 0 Å². The van der Waals surface area contributed by atoms with Gasteiger partial charge in [-0.1, -0.05) is 19.9 Å². The molecule has 0 radical (unpaired) electrons. The summed E-state index contributed by atoms with van der Waals surface area (Å²) in [6, 6.07) is 5.14. The minimum atomic E-state index is -0.128. The third-order valence-electron chi connectivity index (χ3n) is 4.38. The minimum Gasteiger partial charge on any atom is -0.504 e. The number of aromatic hydroxyl groups is 2. The fraction of sp³-hybridized carbons (Fsp3) is 0.588. The monoisotopic (exact) mass is 291 g/mol. The Hall–Kier alpha value is -1.71. The molecule has 1 saturated heterocycles. The van der Waals surface area contributed by atoms with Crippen LogP contribution in [0.2, 0.25) is 0 Å². The summed E-state index contributed by atoms with van der Waals surface area (Å²) < 4.78 is 0. The zero-order valence-electron chi connectivity index (χ0n) is 12.9. The first-order valence-electron chi connectivity index (χ1n) is 7.84. The molecule has 116 valence electrons.